The molecule has 1 atom stereocenters. The van der Waals surface area contributed by atoms with Gasteiger partial charge in [-0.15, -0.1) is 0 Å². The summed E-state index contributed by atoms with van der Waals surface area (Å²) >= 11 is 6.04. The SMILES string of the molecule is COc1cc(N)c(Cl)cc1C(=O)NCC1CN(Cc2ccc(C#N)cc2)CCO1.O=C(O)/C=C/C(=O)O. The van der Waals surface area contributed by atoms with Crippen LogP contribution >= 0.6 is 11.6 Å². The van der Waals surface area contributed by atoms with E-state index in [9.17, 15) is 14.4 Å². The van der Waals surface area contributed by atoms with Gasteiger partial charge in [0.05, 0.1) is 47.7 Å². The van der Waals surface area contributed by atoms with Crippen LogP contribution < -0.4 is 15.8 Å². The van der Waals surface area contributed by atoms with Gasteiger partial charge in [-0.25, -0.2) is 9.59 Å². The third-order valence-electron chi connectivity index (χ3n) is 5.13. The van der Waals surface area contributed by atoms with Gasteiger partial charge in [-0.2, -0.15) is 5.26 Å². The second-order valence-corrected chi connectivity index (χ2v) is 8.24. The van der Waals surface area contributed by atoms with E-state index < -0.39 is 11.9 Å². The molecule has 196 valence electrons. The highest BCUT2D eigenvalue weighted by atomic mass is 35.5. The van der Waals surface area contributed by atoms with Crippen LogP contribution in [0.15, 0.2) is 48.6 Å². The number of hydrogen-bond acceptors (Lipinski definition) is 8. The van der Waals surface area contributed by atoms with Crippen LogP contribution in [0.4, 0.5) is 5.69 Å². The zero-order valence-corrected chi connectivity index (χ0v) is 20.8. The minimum Gasteiger partial charge on any atom is -0.496 e. The van der Waals surface area contributed by atoms with E-state index in [0.29, 0.717) is 59.4 Å². The van der Waals surface area contributed by atoms with Crippen LogP contribution in [-0.2, 0) is 20.9 Å². The maximum absolute atomic E-state index is 12.6. The van der Waals surface area contributed by atoms with E-state index in [-0.39, 0.29) is 12.0 Å². The molecule has 1 saturated heterocycles. The van der Waals surface area contributed by atoms with E-state index in [1.54, 1.807) is 0 Å². The second kappa shape index (κ2) is 14.4. The number of hydrogen-bond donors (Lipinski definition) is 4. The lowest BCUT2D eigenvalue weighted by Gasteiger charge is -2.33. The zero-order valence-electron chi connectivity index (χ0n) is 20.0. The summed E-state index contributed by atoms with van der Waals surface area (Å²) < 4.78 is 11.0. The van der Waals surface area contributed by atoms with Gasteiger partial charge >= 0.3 is 11.9 Å². The third-order valence-corrected chi connectivity index (χ3v) is 5.46. The van der Waals surface area contributed by atoms with Crippen molar-refractivity contribution in [3.05, 3.63) is 70.3 Å². The van der Waals surface area contributed by atoms with Gasteiger partial charge in [0.2, 0.25) is 0 Å². The number of nitrogen functional groups attached to an aromatic ring is 1. The highest BCUT2D eigenvalue weighted by molar-refractivity contribution is 6.33. The number of nitrogens with one attached hydrogen (secondary N) is 1. The molecule has 12 heteroatoms. The number of carboxylic acids is 2. The van der Waals surface area contributed by atoms with E-state index >= 15 is 0 Å². The molecule has 2 aromatic carbocycles. The summed E-state index contributed by atoms with van der Waals surface area (Å²) in [7, 11) is 1.48. The normalized spacial score (nSPS) is 15.2. The Kier molecular flexibility index (Phi) is 11.4. The maximum Gasteiger partial charge on any atom is 0.328 e. The fourth-order valence-electron chi connectivity index (χ4n) is 3.35. The number of morpholine rings is 1. The zero-order chi connectivity index (χ0) is 27.4. The number of methoxy groups -OCH3 is 1. The molecule has 1 heterocycles. The molecular weight excluding hydrogens is 504 g/mol. The quantitative estimate of drug-likeness (QED) is 0.292. The summed E-state index contributed by atoms with van der Waals surface area (Å²) in [6, 6.07) is 12.7. The first-order valence-corrected chi connectivity index (χ1v) is 11.4. The highest BCUT2D eigenvalue weighted by Gasteiger charge is 2.22. The van der Waals surface area contributed by atoms with E-state index in [0.717, 1.165) is 18.7 Å². The van der Waals surface area contributed by atoms with Crippen LogP contribution in [-0.4, -0.2) is 72.4 Å². The molecule has 5 N–H and O–H groups in total. The third kappa shape index (κ3) is 9.81. The fourth-order valence-corrected chi connectivity index (χ4v) is 3.51. The van der Waals surface area contributed by atoms with E-state index in [1.807, 2.05) is 24.3 Å². The van der Waals surface area contributed by atoms with Crippen molar-refractivity contribution in [1.29, 1.82) is 5.26 Å². The first-order chi connectivity index (χ1) is 17.6. The Bertz CT molecular complexity index is 1160. The molecule has 0 saturated carbocycles. The molecule has 37 heavy (non-hydrogen) atoms. The summed E-state index contributed by atoms with van der Waals surface area (Å²) in [5.41, 5.74) is 8.23. The Labute approximate surface area is 218 Å². The molecule has 2 aromatic rings. The summed E-state index contributed by atoms with van der Waals surface area (Å²) in [4.78, 5) is 34.0. The molecular formula is C25H27ClN4O7. The number of rotatable bonds is 8. The molecule has 0 aromatic heterocycles. The van der Waals surface area contributed by atoms with Gasteiger partial charge in [0, 0.05) is 44.4 Å². The van der Waals surface area contributed by atoms with Crippen LogP contribution in [0.3, 0.4) is 0 Å². The smallest absolute Gasteiger partial charge is 0.328 e. The number of carbonyl (C=O) groups is 3. The van der Waals surface area contributed by atoms with Gasteiger partial charge in [-0.05, 0) is 23.8 Å². The summed E-state index contributed by atoms with van der Waals surface area (Å²) in [6.45, 7) is 3.23. The van der Waals surface area contributed by atoms with Gasteiger partial charge < -0.3 is 30.7 Å². The van der Waals surface area contributed by atoms with Gasteiger partial charge in [-0.1, -0.05) is 23.7 Å². The van der Waals surface area contributed by atoms with Gasteiger partial charge in [0.1, 0.15) is 5.75 Å². The number of aliphatic carboxylic acids is 2. The highest BCUT2D eigenvalue weighted by Crippen LogP contribution is 2.28. The molecule has 0 aliphatic carbocycles. The fraction of sp³-hybridized carbons (Fsp3) is 0.280. The number of amides is 1. The van der Waals surface area contributed by atoms with E-state index in [4.69, 9.17) is 42.3 Å². The average molecular weight is 531 g/mol. The topological polar surface area (TPSA) is 175 Å². The molecule has 1 fully saturated rings. The Morgan fingerprint density at radius 1 is 1.24 bits per heavy atom. The molecule has 3 rings (SSSR count). The van der Waals surface area contributed by atoms with Crippen molar-refractivity contribution >= 4 is 35.1 Å². The van der Waals surface area contributed by atoms with Crippen molar-refractivity contribution in [3.63, 3.8) is 0 Å². The van der Waals surface area contributed by atoms with Crippen molar-refractivity contribution in [2.24, 2.45) is 0 Å². The number of carbonyl (C=O) groups excluding carboxylic acids is 1. The number of nitrogens with two attached hydrogens (primary N) is 1. The molecule has 0 radical (unpaired) electrons. The lowest BCUT2D eigenvalue weighted by atomic mass is 10.1. The second-order valence-electron chi connectivity index (χ2n) is 7.83. The number of nitrogens with zero attached hydrogens (tertiary/aromatic N) is 2. The van der Waals surface area contributed by atoms with Gasteiger partial charge in [0.15, 0.2) is 0 Å². The predicted octanol–water partition coefficient (Wildman–Crippen LogP) is 2.15. The number of anilines is 1. The van der Waals surface area contributed by atoms with Crippen LogP contribution in [0.25, 0.3) is 0 Å². The first kappa shape index (κ1) is 29.1. The molecule has 1 amide bonds. The lowest BCUT2D eigenvalue weighted by molar-refractivity contribution is -0.134. The Morgan fingerprint density at radius 3 is 2.46 bits per heavy atom. The van der Waals surface area contributed by atoms with Crippen LogP contribution in [0, 0.1) is 11.3 Å². The van der Waals surface area contributed by atoms with Crippen LogP contribution in [0.2, 0.25) is 5.02 Å². The van der Waals surface area contributed by atoms with Crippen molar-refractivity contribution in [3.8, 4) is 11.8 Å². The summed E-state index contributed by atoms with van der Waals surface area (Å²) in [6.07, 6.45) is 0.992. The van der Waals surface area contributed by atoms with Gasteiger partial charge in [0.25, 0.3) is 5.91 Å². The standard InChI is InChI=1S/C21H23ClN4O3.C4H4O4/c1-28-20-9-19(24)18(22)8-17(20)21(27)25-11-16-13-26(6-7-29-16)12-15-4-2-14(10-23)3-5-15;5-3(6)1-2-4(7)8/h2-5,8-9,16H,6-7,11-13,24H2,1H3,(H,25,27);1-2H,(H,5,6)(H,7,8)/b;2-1+. The number of ether oxygens (including phenoxy) is 2. The van der Waals surface area contributed by atoms with Crippen molar-refractivity contribution in [1.82, 2.24) is 10.2 Å². The molecule has 1 unspecified atom stereocenters. The number of carboxylic acid groups (broad SMARTS) is 2. The lowest BCUT2D eigenvalue weighted by Crippen LogP contribution is -2.47. The van der Waals surface area contributed by atoms with E-state index in [1.165, 1.54) is 19.2 Å². The molecule has 11 nitrogen and oxygen atoms in total. The molecule has 1 aliphatic rings. The monoisotopic (exact) mass is 530 g/mol. The first-order valence-electron chi connectivity index (χ1n) is 11.0. The van der Waals surface area contributed by atoms with Crippen LogP contribution in [0.5, 0.6) is 5.75 Å². The minimum atomic E-state index is -1.26. The van der Waals surface area contributed by atoms with Gasteiger partial charge in [-0.3, -0.25) is 9.69 Å². The Morgan fingerprint density at radius 2 is 1.89 bits per heavy atom. The maximum atomic E-state index is 12.6. The van der Waals surface area contributed by atoms with Crippen molar-refractivity contribution in [2.45, 2.75) is 12.6 Å². The number of benzene rings is 2. The number of nitriles is 1. The number of halogens is 1. The summed E-state index contributed by atoms with van der Waals surface area (Å²) in [5.74, 6) is -2.44. The Balaban J connectivity index is 0.000000521. The van der Waals surface area contributed by atoms with Crippen LogP contribution in [0.1, 0.15) is 21.5 Å². The van der Waals surface area contributed by atoms with Crippen molar-refractivity contribution < 1.29 is 34.1 Å². The predicted molar refractivity (Wildman–Crippen MR) is 135 cm³/mol. The largest absolute Gasteiger partial charge is 0.496 e. The summed E-state index contributed by atoms with van der Waals surface area (Å²) in [5, 5.41) is 27.7. The molecule has 1 aliphatic heterocycles. The molecule has 0 bridgehead atoms. The Hall–Kier alpha value is -4.11. The molecule has 0 spiro atoms. The van der Waals surface area contributed by atoms with E-state index in [2.05, 4.69) is 16.3 Å². The average Bonchev–Trinajstić information content (AvgIpc) is 2.88. The minimum absolute atomic E-state index is 0.124. The van der Waals surface area contributed by atoms with Crippen molar-refractivity contribution in [2.75, 3.05) is 39.1 Å².